The van der Waals surface area contributed by atoms with Gasteiger partial charge in [0.25, 0.3) is 5.91 Å². The molecule has 0 aliphatic heterocycles. The number of aryl methyl sites for hydroxylation is 1. The summed E-state index contributed by atoms with van der Waals surface area (Å²) in [5, 5.41) is 2.95. The average Bonchev–Trinajstić information content (AvgIpc) is 2.74. The Labute approximate surface area is 180 Å². The standard InChI is InChI=1S/C24H24BrNO3/c1-2-28-22-15-14-19(25)17-20(22)24(27)26-21-12-6-7-13-23(21)29-16-8-11-18-9-4-3-5-10-18/h3-7,9-10,12-15,17H,2,8,11,16H2,1H3,(H,26,27). The molecule has 3 aromatic rings. The van der Waals surface area contributed by atoms with Crippen LogP contribution in [0.4, 0.5) is 5.69 Å². The highest BCUT2D eigenvalue weighted by Gasteiger charge is 2.15. The van der Waals surface area contributed by atoms with Crippen LogP contribution in [-0.2, 0) is 6.42 Å². The quantitative estimate of drug-likeness (QED) is 0.397. The van der Waals surface area contributed by atoms with E-state index < -0.39 is 0 Å². The SMILES string of the molecule is CCOc1ccc(Br)cc1C(=O)Nc1ccccc1OCCCc1ccccc1. The largest absolute Gasteiger partial charge is 0.493 e. The average molecular weight is 454 g/mol. The van der Waals surface area contributed by atoms with Gasteiger partial charge in [0.15, 0.2) is 0 Å². The molecule has 0 unspecified atom stereocenters. The van der Waals surface area contributed by atoms with Crippen molar-refractivity contribution >= 4 is 27.5 Å². The minimum Gasteiger partial charge on any atom is -0.493 e. The zero-order chi connectivity index (χ0) is 20.5. The number of carbonyl (C=O) groups excluding carboxylic acids is 1. The van der Waals surface area contributed by atoms with Gasteiger partial charge in [-0.05, 0) is 55.7 Å². The lowest BCUT2D eigenvalue weighted by atomic mass is 10.1. The molecule has 150 valence electrons. The van der Waals surface area contributed by atoms with Gasteiger partial charge in [-0.1, -0.05) is 58.4 Å². The fourth-order valence-electron chi connectivity index (χ4n) is 2.95. The van der Waals surface area contributed by atoms with Gasteiger partial charge < -0.3 is 14.8 Å². The first-order valence-corrected chi connectivity index (χ1v) is 10.5. The van der Waals surface area contributed by atoms with Gasteiger partial charge in [-0.3, -0.25) is 4.79 Å². The summed E-state index contributed by atoms with van der Waals surface area (Å²) < 4.78 is 12.3. The summed E-state index contributed by atoms with van der Waals surface area (Å²) in [7, 11) is 0. The van der Waals surface area contributed by atoms with E-state index in [1.807, 2.05) is 55.5 Å². The molecule has 1 N–H and O–H groups in total. The number of rotatable bonds is 9. The molecule has 0 radical (unpaired) electrons. The molecule has 0 bridgehead atoms. The van der Waals surface area contributed by atoms with Gasteiger partial charge in [-0.15, -0.1) is 0 Å². The summed E-state index contributed by atoms with van der Waals surface area (Å²) in [6.45, 7) is 2.95. The fourth-order valence-corrected chi connectivity index (χ4v) is 3.31. The van der Waals surface area contributed by atoms with Crippen molar-refractivity contribution in [2.75, 3.05) is 18.5 Å². The van der Waals surface area contributed by atoms with E-state index in [1.165, 1.54) is 5.56 Å². The lowest BCUT2D eigenvalue weighted by molar-refractivity contribution is 0.102. The Kier molecular flexibility index (Phi) is 7.70. The van der Waals surface area contributed by atoms with Crippen LogP contribution >= 0.6 is 15.9 Å². The van der Waals surface area contributed by atoms with Crippen LogP contribution in [0.15, 0.2) is 77.3 Å². The normalized spacial score (nSPS) is 10.4. The molecule has 0 spiro atoms. The number of anilines is 1. The van der Waals surface area contributed by atoms with E-state index in [9.17, 15) is 4.79 Å². The Hall–Kier alpha value is -2.79. The third kappa shape index (κ3) is 6.09. The minimum absolute atomic E-state index is 0.241. The van der Waals surface area contributed by atoms with Gasteiger partial charge in [-0.25, -0.2) is 0 Å². The van der Waals surface area contributed by atoms with Crippen molar-refractivity contribution in [3.8, 4) is 11.5 Å². The second kappa shape index (κ2) is 10.7. The molecule has 0 atom stereocenters. The summed E-state index contributed by atoms with van der Waals surface area (Å²) >= 11 is 3.42. The molecule has 3 aromatic carbocycles. The molecule has 0 aliphatic rings. The van der Waals surface area contributed by atoms with Crippen molar-refractivity contribution in [1.29, 1.82) is 0 Å². The smallest absolute Gasteiger partial charge is 0.259 e. The molecular formula is C24H24BrNO3. The second-order valence-electron chi connectivity index (χ2n) is 6.46. The molecule has 0 fully saturated rings. The predicted octanol–water partition coefficient (Wildman–Crippen LogP) is 6.11. The summed E-state index contributed by atoms with van der Waals surface area (Å²) in [5.74, 6) is 0.964. The van der Waals surface area contributed by atoms with E-state index in [0.717, 1.165) is 17.3 Å². The van der Waals surface area contributed by atoms with E-state index in [2.05, 4.69) is 33.4 Å². The first-order valence-electron chi connectivity index (χ1n) is 9.67. The molecule has 0 heterocycles. The van der Waals surface area contributed by atoms with Gasteiger partial charge in [0.05, 0.1) is 24.5 Å². The van der Waals surface area contributed by atoms with Crippen molar-refractivity contribution in [3.05, 3.63) is 88.4 Å². The van der Waals surface area contributed by atoms with Crippen molar-refractivity contribution in [2.24, 2.45) is 0 Å². The number of hydrogen-bond donors (Lipinski definition) is 1. The molecule has 0 saturated carbocycles. The Morgan fingerprint density at radius 2 is 1.69 bits per heavy atom. The first-order chi connectivity index (χ1) is 14.2. The monoisotopic (exact) mass is 453 g/mol. The van der Waals surface area contributed by atoms with Gasteiger partial charge in [0.1, 0.15) is 11.5 Å². The van der Waals surface area contributed by atoms with E-state index in [0.29, 0.717) is 36.0 Å². The van der Waals surface area contributed by atoms with Crippen LogP contribution in [0.1, 0.15) is 29.3 Å². The van der Waals surface area contributed by atoms with E-state index in [1.54, 1.807) is 12.1 Å². The molecule has 29 heavy (non-hydrogen) atoms. The molecule has 5 heteroatoms. The van der Waals surface area contributed by atoms with Gasteiger partial charge in [0.2, 0.25) is 0 Å². The number of amides is 1. The summed E-state index contributed by atoms with van der Waals surface area (Å²) in [4.78, 5) is 12.9. The van der Waals surface area contributed by atoms with Crippen LogP contribution in [0.25, 0.3) is 0 Å². The Balaban J connectivity index is 1.64. The highest BCUT2D eigenvalue weighted by atomic mass is 79.9. The zero-order valence-electron chi connectivity index (χ0n) is 16.4. The van der Waals surface area contributed by atoms with Crippen LogP contribution in [0, 0.1) is 0 Å². The fraction of sp³-hybridized carbons (Fsp3) is 0.208. The summed E-state index contributed by atoms with van der Waals surface area (Å²) in [5.41, 5.74) is 2.40. The minimum atomic E-state index is -0.241. The maximum absolute atomic E-state index is 12.9. The molecule has 0 aliphatic carbocycles. The van der Waals surface area contributed by atoms with E-state index in [4.69, 9.17) is 9.47 Å². The maximum atomic E-state index is 12.9. The Morgan fingerprint density at radius 1 is 0.931 bits per heavy atom. The number of hydrogen-bond acceptors (Lipinski definition) is 3. The highest BCUT2D eigenvalue weighted by molar-refractivity contribution is 9.10. The third-order valence-electron chi connectivity index (χ3n) is 4.33. The first kappa shape index (κ1) is 20.9. The van der Waals surface area contributed by atoms with Gasteiger partial charge >= 0.3 is 0 Å². The third-order valence-corrected chi connectivity index (χ3v) is 4.82. The Bertz CT molecular complexity index is 944. The number of ether oxygens (including phenoxy) is 2. The summed E-state index contributed by atoms with van der Waals surface area (Å²) in [6.07, 6.45) is 1.84. The number of para-hydroxylation sites is 2. The second-order valence-corrected chi connectivity index (χ2v) is 7.38. The lowest BCUT2D eigenvalue weighted by Gasteiger charge is -2.14. The molecule has 4 nitrogen and oxygen atoms in total. The van der Waals surface area contributed by atoms with E-state index in [-0.39, 0.29) is 5.91 Å². The van der Waals surface area contributed by atoms with Crippen LogP contribution < -0.4 is 14.8 Å². The van der Waals surface area contributed by atoms with Crippen LogP contribution in [0.2, 0.25) is 0 Å². The Morgan fingerprint density at radius 3 is 2.48 bits per heavy atom. The topological polar surface area (TPSA) is 47.6 Å². The summed E-state index contributed by atoms with van der Waals surface area (Å²) in [6, 6.07) is 23.2. The molecule has 0 aromatic heterocycles. The predicted molar refractivity (Wildman–Crippen MR) is 120 cm³/mol. The highest BCUT2D eigenvalue weighted by Crippen LogP contribution is 2.28. The number of halogens is 1. The molecular weight excluding hydrogens is 430 g/mol. The van der Waals surface area contributed by atoms with Crippen molar-refractivity contribution in [3.63, 3.8) is 0 Å². The van der Waals surface area contributed by atoms with Crippen LogP contribution in [0.5, 0.6) is 11.5 Å². The van der Waals surface area contributed by atoms with E-state index >= 15 is 0 Å². The van der Waals surface area contributed by atoms with Crippen molar-refractivity contribution in [1.82, 2.24) is 0 Å². The lowest BCUT2D eigenvalue weighted by Crippen LogP contribution is -2.15. The number of carbonyl (C=O) groups is 1. The van der Waals surface area contributed by atoms with Gasteiger partial charge in [-0.2, -0.15) is 0 Å². The molecule has 1 amide bonds. The number of nitrogens with one attached hydrogen (secondary N) is 1. The molecule has 3 rings (SSSR count). The maximum Gasteiger partial charge on any atom is 0.259 e. The number of benzene rings is 3. The van der Waals surface area contributed by atoms with Crippen LogP contribution in [-0.4, -0.2) is 19.1 Å². The van der Waals surface area contributed by atoms with Crippen molar-refractivity contribution in [2.45, 2.75) is 19.8 Å². The zero-order valence-corrected chi connectivity index (χ0v) is 17.9. The van der Waals surface area contributed by atoms with Crippen LogP contribution in [0.3, 0.4) is 0 Å². The van der Waals surface area contributed by atoms with Gasteiger partial charge in [0, 0.05) is 4.47 Å². The molecule has 0 saturated heterocycles. The van der Waals surface area contributed by atoms with Crippen molar-refractivity contribution < 1.29 is 14.3 Å².